The molecule has 0 bridgehead atoms. The van der Waals surface area contributed by atoms with Gasteiger partial charge in [0, 0.05) is 15.3 Å². The molecule has 1 aromatic heterocycles. The number of benzene rings is 1. The van der Waals surface area contributed by atoms with Crippen molar-refractivity contribution in [2.45, 2.75) is 25.9 Å². The van der Waals surface area contributed by atoms with Gasteiger partial charge in [0.1, 0.15) is 0 Å². The molecular formula is C14H13F3S. The highest BCUT2D eigenvalue weighted by atomic mass is 32.1. The summed E-state index contributed by atoms with van der Waals surface area (Å²) in [5.41, 5.74) is -0.302. The Labute approximate surface area is 108 Å². The summed E-state index contributed by atoms with van der Waals surface area (Å²) in [7, 11) is 0. The second-order valence-corrected chi connectivity index (χ2v) is 5.52. The van der Waals surface area contributed by atoms with Crippen molar-refractivity contribution in [1.82, 2.24) is 0 Å². The van der Waals surface area contributed by atoms with E-state index in [1.807, 2.05) is 19.9 Å². The lowest BCUT2D eigenvalue weighted by atomic mass is 10.1. The van der Waals surface area contributed by atoms with Gasteiger partial charge in [-0.2, -0.15) is 13.2 Å². The number of hydrogen-bond acceptors (Lipinski definition) is 1. The highest BCUT2D eigenvalue weighted by molar-refractivity contribution is 7.15. The smallest absolute Gasteiger partial charge is 0.166 e. The van der Waals surface area contributed by atoms with Crippen LogP contribution in [-0.4, -0.2) is 0 Å². The summed E-state index contributed by atoms with van der Waals surface area (Å²) in [6.07, 6.45) is -4.31. The van der Waals surface area contributed by atoms with Crippen molar-refractivity contribution >= 4 is 11.3 Å². The molecule has 1 heterocycles. The van der Waals surface area contributed by atoms with Crippen LogP contribution in [0, 0.1) is 0 Å². The van der Waals surface area contributed by atoms with E-state index >= 15 is 0 Å². The van der Waals surface area contributed by atoms with Crippen LogP contribution in [0.25, 0.3) is 10.4 Å². The van der Waals surface area contributed by atoms with E-state index in [2.05, 4.69) is 0 Å². The van der Waals surface area contributed by atoms with Crippen LogP contribution >= 0.6 is 11.3 Å². The fourth-order valence-electron chi connectivity index (χ4n) is 1.75. The first-order valence-corrected chi connectivity index (χ1v) is 6.47. The normalized spacial score (nSPS) is 12.1. The average molecular weight is 270 g/mol. The molecule has 2 rings (SSSR count). The van der Waals surface area contributed by atoms with Crippen LogP contribution in [0.4, 0.5) is 13.2 Å². The maximum Gasteiger partial charge on any atom is 0.417 e. The van der Waals surface area contributed by atoms with Crippen molar-refractivity contribution in [3.63, 3.8) is 0 Å². The van der Waals surface area contributed by atoms with Crippen LogP contribution in [0.15, 0.2) is 36.4 Å². The van der Waals surface area contributed by atoms with Crippen molar-refractivity contribution in [2.75, 3.05) is 0 Å². The first-order valence-electron chi connectivity index (χ1n) is 5.66. The molecular weight excluding hydrogens is 257 g/mol. The van der Waals surface area contributed by atoms with E-state index in [4.69, 9.17) is 0 Å². The zero-order chi connectivity index (χ0) is 13.3. The number of thiophene rings is 1. The minimum absolute atomic E-state index is 0.266. The molecule has 0 saturated carbocycles. The van der Waals surface area contributed by atoms with Gasteiger partial charge in [0.2, 0.25) is 0 Å². The summed E-state index contributed by atoms with van der Waals surface area (Å²) in [4.78, 5) is 1.77. The molecule has 4 heteroatoms. The highest BCUT2D eigenvalue weighted by Gasteiger charge is 2.33. The van der Waals surface area contributed by atoms with Gasteiger partial charge in [-0.25, -0.2) is 0 Å². The summed E-state index contributed by atoms with van der Waals surface area (Å²) >= 11 is 1.42. The van der Waals surface area contributed by atoms with Crippen LogP contribution in [0.1, 0.15) is 30.2 Å². The van der Waals surface area contributed by atoms with Gasteiger partial charge in [0.15, 0.2) is 0 Å². The summed E-state index contributed by atoms with van der Waals surface area (Å²) in [5, 5.41) is 0. The summed E-state index contributed by atoms with van der Waals surface area (Å²) in [6.45, 7) is 4.07. The van der Waals surface area contributed by atoms with E-state index in [1.165, 1.54) is 23.5 Å². The van der Waals surface area contributed by atoms with Crippen molar-refractivity contribution in [1.29, 1.82) is 0 Å². The van der Waals surface area contributed by atoms with Crippen molar-refractivity contribution < 1.29 is 13.2 Å². The van der Waals surface area contributed by atoms with Crippen LogP contribution in [-0.2, 0) is 6.18 Å². The van der Waals surface area contributed by atoms with Gasteiger partial charge in [-0.3, -0.25) is 0 Å². The predicted octanol–water partition coefficient (Wildman–Crippen LogP) is 5.56. The Kier molecular flexibility index (Phi) is 3.48. The predicted molar refractivity (Wildman–Crippen MR) is 68.8 cm³/mol. The minimum Gasteiger partial charge on any atom is -0.166 e. The van der Waals surface area contributed by atoms with Gasteiger partial charge in [-0.05, 0) is 24.1 Å². The molecule has 0 spiro atoms. The highest BCUT2D eigenvalue weighted by Crippen LogP contribution is 2.40. The second kappa shape index (κ2) is 4.76. The molecule has 0 aliphatic carbocycles. The number of alkyl halides is 3. The summed E-state index contributed by atoms with van der Waals surface area (Å²) in [6, 6.07) is 9.38. The second-order valence-electron chi connectivity index (χ2n) is 4.40. The molecule has 0 fully saturated rings. The van der Waals surface area contributed by atoms with Crippen LogP contribution < -0.4 is 0 Å². The molecule has 0 aliphatic heterocycles. The van der Waals surface area contributed by atoms with E-state index in [0.717, 1.165) is 10.9 Å². The molecule has 0 N–H and O–H groups in total. The fourth-order valence-corrected chi connectivity index (χ4v) is 2.80. The molecule has 18 heavy (non-hydrogen) atoms. The lowest BCUT2D eigenvalue weighted by Crippen LogP contribution is -2.06. The largest absolute Gasteiger partial charge is 0.417 e. The third-order valence-electron chi connectivity index (χ3n) is 2.69. The third kappa shape index (κ3) is 2.58. The maximum absolute atomic E-state index is 12.9. The topological polar surface area (TPSA) is 0 Å². The van der Waals surface area contributed by atoms with Crippen LogP contribution in [0.3, 0.4) is 0 Å². The number of halogens is 3. The monoisotopic (exact) mass is 270 g/mol. The SMILES string of the molecule is CC(C)c1ccc(-c2ccccc2C(F)(F)F)s1. The molecule has 0 atom stereocenters. The molecule has 0 nitrogen and oxygen atoms in total. The van der Waals surface area contributed by atoms with Crippen molar-refractivity contribution in [3.8, 4) is 10.4 Å². The van der Waals surface area contributed by atoms with Gasteiger partial charge in [-0.1, -0.05) is 32.0 Å². The quantitative estimate of drug-likeness (QED) is 0.670. The molecule has 0 aliphatic rings. The Morgan fingerprint density at radius 1 is 1.00 bits per heavy atom. The summed E-state index contributed by atoms with van der Waals surface area (Å²) in [5.74, 6) is 0.335. The maximum atomic E-state index is 12.9. The van der Waals surface area contributed by atoms with Crippen LogP contribution in [0.2, 0.25) is 0 Å². The first kappa shape index (κ1) is 13.1. The third-order valence-corrected chi connectivity index (χ3v) is 4.11. The van der Waals surface area contributed by atoms with Gasteiger partial charge >= 0.3 is 6.18 Å². The van der Waals surface area contributed by atoms with E-state index in [1.54, 1.807) is 12.1 Å². The Bertz CT molecular complexity index is 538. The van der Waals surface area contributed by atoms with Crippen molar-refractivity contribution in [2.24, 2.45) is 0 Å². The number of hydrogen-bond donors (Lipinski definition) is 0. The first-order chi connectivity index (χ1) is 8.39. The molecule has 0 unspecified atom stereocenters. The zero-order valence-corrected chi connectivity index (χ0v) is 10.9. The number of rotatable bonds is 2. The van der Waals surface area contributed by atoms with E-state index in [9.17, 15) is 13.2 Å². The van der Waals surface area contributed by atoms with E-state index in [-0.39, 0.29) is 5.56 Å². The van der Waals surface area contributed by atoms with Gasteiger partial charge in [-0.15, -0.1) is 11.3 Å². The lowest BCUT2D eigenvalue weighted by molar-refractivity contribution is -0.137. The van der Waals surface area contributed by atoms with E-state index < -0.39 is 11.7 Å². The lowest BCUT2D eigenvalue weighted by Gasteiger charge is -2.11. The zero-order valence-electron chi connectivity index (χ0n) is 10.1. The fraction of sp³-hybridized carbons (Fsp3) is 0.286. The summed E-state index contributed by atoms with van der Waals surface area (Å²) < 4.78 is 38.7. The molecule has 2 aromatic rings. The standard InChI is InChI=1S/C14H13F3S/c1-9(2)12-7-8-13(18-12)10-5-3-4-6-11(10)14(15,16)17/h3-9H,1-2H3. The van der Waals surface area contributed by atoms with Gasteiger partial charge in [0.25, 0.3) is 0 Å². The van der Waals surface area contributed by atoms with Crippen molar-refractivity contribution in [3.05, 3.63) is 46.8 Å². The molecule has 1 aromatic carbocycles. The van der Waals surface area contributed by atoms with Gasteiger partial charge in [0.05, 0.1) is 5.56 Å². The van der Waals surface area contributed by atoms with Gasteiger partial charge < -0.3 is 0 Å². The molecule has 0 radical (unpaired) electrons. The Balaban J connectivity index is 2.50. The Morgan fingerprint density at radius 3 is 2.22 bits per heavy atom. The average Bonchev–Trinajstić information content (AvgIpc) is 2.77. The Morgan fingerprint density at radius 2 is 1.67 bits per heavy atom. The molecule has 96 valence electrons. The van der Waals surface area contributed by atoms with Crippen LogP contribution in [0.5, 0.6) is 0 Å². The minimum atomic E-state index is -4.31. The van der Waals surface area contributed by atoms with E-state index in [0.29, 0.717) is 10.8 Å². The molecule has 0 saturated heterocycles. The Hall–Kier alpha value is -1.29. The molecule has 0 amide bonds.